The number of aromatic nitrogens is 1. The number of piperidine rings is 1. The number of imide groups is 1. The van der Waals surface area contributed by atoms with E-state index >= 15 is 0 Å². The minimum Gasteiger partial charge on any atom is -0.448 e. The van der Waals surface area contributed by atoms with Crippen LogP contribution in [-0.4, -0.2) is 22.7 Å². The third-order valence-electron chi connectivity index (χ3n) is 4.90. The van der Waals surface area contributed by atoms with E-state index in [1.807, 2.05) is 0 Å². The number of aryl methyl sites for hydroxylation is 1. The van der Waals surface area contributed by atoms with Crippen molar-refractivity contribution in [3.05, 3.63) is 51.9 Å². The highest BCUT2D eigenvalue weighted by molar-refractivity contribution is 6.31. The molecule has 1 aliphatic rings. The number of hydrogen-bond acceptors (Lipinski definition) is 5. The van der Waals surface area contributed by atoms with Crippen molar-refractivity contribution in [1.82, 2.24) is 15.6 Å². The molecule has 1 unspecified atom stereocenters. The van der Waals surface area contributed by atoms with Gasteiger partial charge in [0.15, 0.2) is 0 Å². The molecule has 29 heavy (non-hydrogen) atoms. The van der Waals surface area contributed by atoms with E-state index in [2.05, 4.69) is 15.6 Å². The molecule has 3 rings (SSSR count). The van der Waals surface area contributed by atoms with Gasteiger partial charge in [0.25, 0.3) is 0 Å². The van der Waals surface area contributed by atoms with E-state index in [0.717, 1.165) is 0 Å². The predicted molar refractivity (Wildman–Crippen MR) is 103 cm³/mol. The van der Waals surface area contributed by atoms with Gasteiger partial charge in [0.2, 0.25) is 23.6 Å². The number of amides is 3. The predicted octanol–water partition coefficient (Wildman–Crippen LogP) is 2.89. The van der Waals surface area contributed by atoms with Crippen molar-refractivity contribution in [2.75, 3.05) is 0 Å². The highest BCUT2D eigenvalue weighted by Gasteiger charge is 2.35. The van der Waals surface area contributed by atoms with E-state index in [0.29, 0.717) is 11.3 Å². The van der Waals surface area contributed by atoms with Crippen molar-refractivity contribution >= 4 is 29.3 Å². The molecule has 3 amide bonds. The van der Waals surface area contributed by atoms with Gasteiger partial charge in [-0.25, -0.2) is 9.37 Å². The Morgan fingerprint density at radius 1 is 1.41 bits per heavy atom. The molecule has 7 nitrogen and oxygen atoms in total. The third kappa shape index (κ3) is 4.32. The molecular formula is C20H21ClFN3O4. The molecule has 2 heterocycles. The Balaban J connectivity index is 1.73. The summed E-state index contributed by atoms with van der Waals surface area (Å²) in [7, 11) is 0. The van der Waals surface area contributed by atoms with Crippen LogP contribution in [0.15, 0.2) is 22.8 Å². The second kappa shape index (κ2) is 7.94. The second-order valence-electron chi connectivity index (χ2n) is 7.58. The van der Waals surface area contributed by atoms with E-state index in [1.165, 1.54) is 18.4 Å². The quantitative estimate of drug-likeness (QED) is 0.723. The lowest BCUT2D eigenvalue weighted by molar-refractivity contribution is -0.134. The number of hydrogen-bond donors (Lipinski definition) is 2. The van der Waals surface area contributed by atoms with E-state index in [9.17, 15) is 18.8 Å². The van der Waals surface area contributed by atoms with Gasteiger partial charge in [0, 0.05) is 23.6 Å². The summed E-state index contributed by atoms with van der Waals surface area (Å²) in [6.45, 7) is 5.14. The molecule has 1 atom stereocenters. The summed E-state index contributed by atoms with van der Waals surface area (Å²) in [6.07, 6.45) is 1.79. The number of nitrogens with one attached hydrogen (secondary N) is 2. The Labute approximate surface area is 172 Å². The average Bonchev–Trinajstić information content (AvgIpc) is 3.08. The van der Waals surface area contributed by atoms with Crippen molar-refractivity contribution < 1.29 is 23.2 Å². The summed E-state index contributed by atoms with van der Waals surface area (Å²) < 4.78 is 20.0. The molecule has 0 aliphatic carbocycles. The largest absolute Gasteiger partial charge is 0.448 e. The molecule has 0 saturated carbocycles. The minimum absolute atomic E-state index is 0.0359. The van der Waals surface area contributed by atoms with Crippen LogP contribution in [0.2, 0.25) is 5.02 Å². The Kier molecular flexibility index (Phi) is 5.75. The molecule has 1 saturated heterocycles. The lowest BCUT2D eigenvalue weighted by atomic mass is 9.89. The van der Waals surface area contributed by atoms with Gasteiger partial charge in [-0.05, 0) is 44.9 Å². The average molecular weight is 422 g/mol. The van der Waals surface area contributed by atoms with Gasteiger partial charge < -0.3 is 9.73 Å². The fourth-order valence-electron chi connectivity index (χ4n) is 3.18. The lowest BCUT2D eigenvalue weighted by Crippen LogP contribution is -2.40. The number of nitrogens with zero attached hydrogens (tertiary/aromatic N) is 1. The molecule has 2 N–H and O–H groups in total. The molecule has 1 aliphatic heterocycles. The SMILES string of the molecule is Cc1coc(C(C)(C)C(=O)NCc2cc(F)c(C3CCC(=O)NC3=O)c(Cl)c2)n1. The molecule has 0 bridgehead atoms. The molecule has 2 aromatic rings. The number of benzene rings is 1. The van der Waals surface area contributed by atoms with Gasteiger partial charge >= 0.3 is 0 Å². The maximum atomic E-state index is 14.7. The maximum Gasteiger partial charge on any atom is 0.235 e. The van der Waals surface area contributed by atoms with E-state index < -0.39 is 23.1 Å². The number of rotatable bonds is 5. The van der Waals surface area contributed by atoms with Crippen molar-refractivity contribution in [2.45, 2.75) is 51.5 Å². The normalized spacial score (nSPS) is 17.2. The Morgan fingerprint density at radius 2 is 2.14 bits per heavy atom. The standard InChI is InChI=1S/C20H21ClFN3O4/c1-10-9-29-19(24-10)20(2,3)18(28)23-8-11-6-13(21)16(14(22)7-11)12-4-5-15(26)25-17(12)27/h6-7,9,12H,4-5,8H2,1-3H3,(H,23,28)(H,25,26,27). The summed E-state index contributed by atoms with van der Waals surface area (Å²) >= 11 is 6.23. The van der Waals surface area contributed by atoms with Gasteiger partial charge in [-0.3, -0.25) is 19.7 Å². The summed E-state index contributed by atoms with van der Waals surface area (Å²) in [5.41, 5.74) is 0.154. The second-order valence-corrected chi connectivity index (χ2v) is 7.99. The van der Waals surface area contributed by atoms with Crippen LogP contribution in [0.4, 0.5) is 4.39 Å². The smallest absolute Gasteiger partial charge is 0.235 e. The summed E-state index contributed by atoms with van der Waals surface area (Å²) in [4.78, 5) is 40.1. The molecule has 154 valence electrons. The highest BCUT2D eigenvalue weighted by atomic mass is 35.5. The molecule has 9 heteroatoms. The first-order chi connectivity index (χ1) is 13.6. The zero-order valence-electron chi connectivity index (χ0n) is 16.3. The summed E-state index contributed by atoms with van der Waals surface area (Å²) in [5.74, 6) is -2.48. The van der Waals surface area contributed by atoms with E-state index in [1.54, 1.807) is 20.8 Å². The third-order valence-corrected chi connectivity index (χ3v) is 5.21. The fourth-order valence-corrected chi connectivity index (χ4v) is 3.54. The summed E-state index contributed by atoms with van der Waals surface area (Å²) in [5, 5.41) is 5.00. The van der Waals surface area contributed by atoms with Crippen LogP contribution in [-0.2, 0) is 26.3 Å². The van der Waals surface area contributed by atoms with Crippen LogP contribution in [0.25, 0.3) is 0 Å². The Hall–Kier alpha value is -2.74. The van der Waals surface area contributed by atoms with Crippen LogP contribution in [0.5, 0.6) is 0 Å². The molecule has 0 radical (unpaired) electrons. The van der Waals surface area contributed by atoms with Crippen LogP contribution < -0.4 is 10.6 Å². The topological polar surface area (TPSA) is 101 Å². The molecule has 1 fully saturated rings. The zero-order chi connectivity index (χ0) is 21.3. The van der Waals surface area contributed by atoms with Crippen LogP contribution in [0.1, 0.15) is 55.3 Å². The van der Waals surface area contributed by atoms with Crippen molar-refractivity contribution in [3.63, 3.8) is 0 Å². The lowest BCUT2D eigenvalue weighted by Gasteiger charge is -2.23. The Bertz CT molecular complexity index is 963. The number of carbonyl (C=O) groups excluding carboxylic acids is 3. The summed E-state index contributed by atoms with van der Waals surface area (Å²) in [6, 6.07) is 2.74. The van der Waals surface area contributed by atoms with Crippen molar-refractivity contribution in [2.24, 2.45) is 0 Å². The van der Waals surface area contributed by atoms with Crippen molar-refractivity contribution in [1.29, 1.82) is 0 Å². The van der Waals surface area contributed by atoms with Crippen molar-refractivity contribution in [3.8, 4) is 0 Å². The number of oxazole rings is 1. The molecular weight excluding hydrogens is 401 g/mol. The monoisotopic (exact) mass is 421 g/mol. The first kappa shape index (κ1) is 21.0. The first-order valence-corrected chi connectivity index (χ1v) is 9.49. The molecule has 0 spiro atoms. The van der Waals surface area contributed by atoms with Gasteiger partial charge in [0.05, 0.1) is 11.6 Å². The van der Waals surface area contributed by atoms with Gasteiger partial charge in [0.1, 0.15) is 17.5 Å². The zero-order valence-corrected chi connectivity index (χ0v) is 17.0. The number of carbonyl (C=O) groups is 3. The minimum atomic E-state index is -1.01. The van der Waals surface area contributed by atoms with E-state index in [4.69, 9.17) is 16.0 Å². The van der Waals surface area contributed by atoms with Crippen LogP contribution in [0, 0.1) is 12.7 Å². The van der Waals surface area contributed by atoms with E-state index in [-0.39, 0.29) is 47.7 Å². The highest BCUT2D eigenvalue weighted by Crippen LogP contribution is 2.33. The number of halogens is 2. The maximum absolute atomic E-state index is 14.7. The molecule has 1 aromatic carbocycles. The van der Waals surface area contributed by atoms with Gasteiger partial charge in [-0.2, -0.15) is 0 Å². The first-order valence-electron chi connectivity index (χ1n) is 9.12. The molecule has 1 aromatic heterocycles. The Morgan fingerprint density at radius 3 is 2.72 bits per heavy atom. The van der Waals surface area contributed by atoms with Gasteiger partial charge in [-0.15, -0.1) is 0 Å². The van der Waals surface area contributed by atoms with Crippen LogP contribution >= 0.6 is 11.6 Å². The van der Waals surface area contributed by atoms with Gasteiger partial charge in [-0.1, -0.05) is 11.6 Å². The fraction of sp³-hybridized carbons (Fsp3) is 0.400. The van der Waals surface area contributed by atoms with Crippen LogP contribution in [0.3, 0.4) is 0 Å².